The fraction of sp³-hybridized carbons (Fsp3) is 0.478. The summed E-state index contributed by atoms with van der Waals surface area (Å²) >= 11 is 1.35. The topological polar surface area (TPSA) is 133 Å². The summed E-state index contributed by atoms with van der Waals surface area (Å²) in [6, 6.07) is 3.22. The summed E-state index contributed by atoms with van der Waals surface area (Å²) in [5.74, 6) is -1.43. The number of carboxylic acids is 1. The van der Waals surface area contributed by atoms with Gasteiger partial charge in [-0.15, -0.1) is 11.8 Å². The summed E-state index contributed by atoms with van der Waals surface area (Å²) in [5, 5.41) is 12.2. The number of pyridine rings is 1. The molecule has 0 radical (unpaired) electrons. The molecule has 1 amide bonds. The highest BCUT2D eigenvalue weighted by Gasteiger charge is 2.35. The van der Waals surface area contributed by atoms with Crippen molar-refractivity contribution < 1.29 is 33.7 Å². The van der Waals surface area contributed by atoms with E-state index in [-0.39, 0.29) is 17.6 Å². The Morgan fingerprint density at radius 2 is 1.91 bits per heavy atom. The first-order valence-electron chi connectivity index (χ1n) is 10.7. The third-order valence-electron chi connectivity index (χ3n) is 4.86. The number of hydrogen-bond acceptors (Lipinski definition) is 8. The number of carbonyl (C=O) groups is 3. The minimum Gasteiger partial charge on any atom is -0.477 e. The number of rotatable bonds is 8. The SMILES string of the molecule is CC(C)(C)OC(=O)NCCOCCSc1cc2c3c(c1)c(=O)c(C(=O)O)cn3C(C)(C)OC2=O. The summed E-state index contributed by atoms with van der Waals surface area (Å²) in [7, 11) is 0. The molecule has 1 aliphatic heterocycles. The van der Waals surface area contributed by atoms with Crippen molar-refractivity contribution in [2.75, 3.05) is 25.5 Å². The molecule has 11 heteroatoms. The number of cyclic esters (lactones) is 1. The van der Waals surface area contributed by atoms with Crippen molar-refractivity contribution in [1.29, 1.82) is 0 Å². The van der Waals surface area contributed by atoms with E-state index in [0.29, 0.717) is 29.3 Å². The Bertz CT molecular complexity index is 1200. The lowest BCUT2D eigenvalue weighted by Crippen LogP contribution is -2.39. The Labute approximate surface area is 200 Å². The van der Waals surface area contributed by atoms with Crippen molar-refractivity contribution in [1.82, 2.24) is 9.88 Å². The molecule has 0 spiro atoms. The number of aromatic nitrogens is 1. The van der Waals surface area contributed by atoms with Gasteiger partial charge in [-0.1, -0.05) is 0 Å². The first-order valence-corrected chi connectivity index (χ1v) is 11.7. The highest BCUT2D eigenvalue weighted by Crippen LogP contribution is 2.35. The van der Waals surface area contributed by atoms with Crippen LogP contribution in [-0.2, 0) is 19.9 Å². The maximum absolute atomic E-state index is 12.8. The second-order valence-corrected chi connectivity index (χ2v) is 10.3. The lowest BCUT2D eigenvalue weighted by atomic mass is 10.0. The third-order valence-corrected chi connectivity index (χ3v) is 5.80. The van der Waals surface area contributed by atoms with Crippen LogP contribution in [0.4, 0.5) is 4.79 Å². The number of aromatic carboxylic acids is 1. The van der Waals surface area contributed by atoms with Crippen molar-refractivity contribution >= 4 is 40.7 Å². The molecule has 3 rings (SSSR count). The van der Waals surface area contributed by atoms with Gasteiger partial charge in [0, 0.05) is 28.8 Å². The van der Waals surface area contributed by atoms with E-state index in [1.54, 1.807) is 46.8 Å². The number of carboxylic acid groups (broad SMARTS) is 1. The van der Waals surface area contributed by atoms with Crippen molar-refractivity contribution in [2.24, 2.45) is 0 Å². The van der Waals surface area contributed by atoms with Crippen LogP contribution in [-0.4, -0.2) is 58.8 Å². The average molecular weight is 493 g/mol. The Balaban J connectivity index is 1.69. The maximum Gasteiger partial charge on any atom is 0.407 e. The van der Waals surface area contributed by atoms with E-state index in [0.717, 1.165) is 0 Å². The van der Waals surface area contributed by atoms with Crippen LogP contribution in [0, 0.1) is 0 Å². The minimum atomic E-state index is -1.35. The second-order valence-electron chi connectivity index (χ2n) is 9.14. The number of esters is 1. The summed E-state index contributed by atoms with van der Waals surface area (Å²) in [5.41, 5.74) is -2.21. The molecule has 0 aliphatic carbocycles. The van der Waals surface area contributed by atoms with Crippen LogP contribution in [0.2, 0.25) is 0 Å². The van der Waals surface area contributed by atoms with Crippen LogP contribution < -0.4 is 10.7 Å². The number of carbonyl (C=O) groups excluding carboxylic acids is 2. The zero-order valence-electron chi connectivity index (χ0n) is 19.7. The Morgan fingerprint density at radius 1 is 1.21 bits per heavy atom. The predicted octanol–water partition coefficient (Wildman–Crippen LogP) is 3.20. The molecule has 1 aromatic heterocycles. The molecule has 1 aromatic carbocycles. The van der Waals surface area contributed by atoms with Gasteiger partial charge in [-0.25, -0.2) is 14.4 Å². The number of nitrogens with one attached hydrogen (secondary N) is 1. The lowest BCUT2D eigenvalue weighted by Gasteiger charge is -2.34. The number of amides is 1. The molecular weight excluding hydrogens is 464 g/mol. The monoisotopic (exact) mass is 492 g/mol. The molecule has 2 aromatic rings. The van der Waals surface area contributed by atoms with Gasteiger partial charge in [-0.05, 0) is 46.8 Å². The van der Waals surface area contributed by atoms with Gasteiger partial charge in [-0.2, -0.15) is 0 Å². The highest BCUT2D eigenvalue weighted by molar-refractivity contribution is 7.99. The average Bonchev–Trinajstić information content (AvgIpc) is 2.70. The van der Waals surface area contributed by atoms with Gasteiger partial charge in [0.1, 0.15) is 11.2 Å². The van der Waals surface area contributed by atoms with Crippen molar-refractivity contribution in [3.05, 3.63) is 39.7 Å². The zero-order valence-corrected chi connectivity index (χ0v) is 20.5. The van der Waals surface area contributed by atoms with E-state index >= 15 is 0 Å². The Morgan fingerprint density at radius 3 is 2.56 bits per heavy atom. The van der Waals surface area contributed by atoms with Gasteiger partial charge in [0.25, 0.3) is 0 Å². The fourth-order valence-corrected chi connectivity index (χ4v) is 4.28. The molecular formula is C23H28N2O8S. The van der Waals surface area contributed by atoms with Gasteiger partial charge in [0.05, 0.1) is 24.3 Å². The number of benzene rings is 1. The predicted molar refractivity (Wildman–Crippen MR) is 126 cm³/mol. The lowest BCUT2D eigenvalue weighted by molar-refractivity contribution is -0.0443. The fourth-order valence-electron chi connectivity index (χ4n) is 3.44. The minimum absolute atomic E-state index is 0.145. The van der Waals surface area contributed by atoms with E-state index in [2.05, 4.69) is 5.32 Å². The highest BCUT2D eigenvalue weighted by atomic mass is 32.2. The molecule has 184 valence electrons. The van der Waals surface area contributed by atoms with Gasteiger partial charge in [-0.3, -0.25) is 4.79 Å². The molecule has 1 aliphatic rings. The van der Waals surface area contributed by atoms with Crippen LogP contribution in [0.1, 0.15) is 55.3 Å². The van der Waals surface area contributed by atoms with Crippen LogP contribution in [0.15, 0.2) is 28.0 Å². The summed E-state index contributed by atoms with van der Waals surface area (Å²) in [4.78, 5) is 49.3. The van der Waals surface area contributed by atoms with Crippen LogP contribution in [0.25, 0.3) is 10.9 Å². The molecule has 10 nitrogen and oxygen atoms in total. The molecule has 0 unspecified atom stereocenters. The standard InChI is InChI=1S/C23H28N2O8S/c1-22(2,3)33-21(30)24-6-7-31-8-9-34-13-10-14-17-15(11-13)20(29)32-23(4,5)25(17)12-16(18(14)26)19(27)28/h10-12H,6-9H2,1-5H3,(H,24,30)(H,27,28). The molecule has 0 bridgehead atoms. The number of thioether (sulfide) groups is 1. The van der Waals surface area contributed by atoms with Gasteiger partial charge in [0.2, 0.25) is 5.43 Å². The molecule has 2 N–H and O–H groups in total. The van der Waals surface area contributed by atoms with Crippen molar-refractivity contribution in [3.8, 4) is 0 Å². The largest absolute Gasteiger partial charge is 0.477 e. The normalized spacial score (nSPS) is 14.6. The molecule has 34 heavy (non-hydrogen) atoms. The molecule has 0 saturated carbocycles. The summed E-state index contributed by atoms with van der Waals surface area (Å²) in [6.07, 6.45) is 0.701. The molecule has 0 fully saturated rings. The first-order chi connectivity index (χ1) is 15.8. The number of hydrogen-bond donors (Lipinski definition) is 2. The molecule has 0 saturated heterocycles. The number of alkyl carbamates (subject to hydrolysis) is 1. The van der Waals surface area contributed by atoms with Crippen LogP contribution in [0.5, 0.6) is 0 Å². The van der Waals surface area contributed by atoms with Crippen LogP contribution in [0.3, 0.4) is 0 Å². The van der Waals surface area contributed by atoms with Gasteiger partial charge in [0.15, 0.2) is 5.72 Å². The van der Waals surface area contributed by atoms with Gasteiger partial charge < -0.3 is 29.2 Å². The van der Waals surface area contributed by atoms with E-state index in [1.807, 2.05) is 0 Å². The van der Waals surface area contributed by atoms with Crippen LogP contribution >= 0.6 is 11.8 Å². The van der Waals surface area contributed by atoms with E-state index in [9.17, 15) is 24.3 Å². The van der Waals surface area contributed by atoms with Crippen molar-refractivity contribution in [3.63, 3.8) is 0 Å². The second kappa shape index (κ2) is 9.67. The summed E-state index contributed by atoms with van der Waals surface area (Å²) < 4.78 is 17.6. The van der Waals surface area contributed by atoms with E-state index in [1.165, 1.54) is 22.5 Å². The first kappa shape index (κ1) is 25.6. The quantitative estimate of drug-likeness (QED) is 0.324. The maximum atomic E-state index is 12.8. The Kier molecular flexibility index (Phi) is 7.27. The van der Waals surface area contributed by atoms with Gasteiger partial charge >= 0.3 is 18.0 Å². The molecule has 2 heterocycles. The number of nitrogens with zero attached hydrogens (tertiary/aromatic N) is 1. The zero-order chi connectivity index (χ0) is 25.3. The number of ether oxygens (including phenoxy) is 3. The van der Waals surface area contributed by atoms with E-state index < -0.39 is 40.4 Å². The third kappa shape index (κ3) is 5.71. The smallest absolute Gasteiger partial charge is 0.407 e. The summed E-state index contributed by atoms with van der Waals surface area (Å²) in [6.45, 7) is 9.52. The molecule has 0 atom stereocenters. The van der Waals surface area contributed by atoms with Crippen molar-refractivity contribution in [2.45, 2.75) is 50.8 Å². The van der Waals surface area contributed by atoms with E-state index in [4.69, 9.17) is 14.2 Å². The Hall–Kier alpha value is -3.05.